The number of hydrogen-bond acceptors (Lipinski definition) is 2. The Hall–Kier alpha value is -1.39. The smallest absolute Gasteiger partial charge is 0.129 e. The number of aryl methyl sites for hydroxylation is 1. The second kappa shape index (κ2) is 5.50. The van der Waals surface area contributed by atoms with E-state index in [1.165, 1.54) is 18.2 Å². The van der Waals surface area contributed by atoms with E-state index in [4.69, 9.17) is 11.6 Å². The van der Waals surface area contributed by atoms with Gasteiger partial charge in [0.15, 0.2) is 0 Å². The molecular formula is C13H14ClFN2O. The summed E-state index contributed by atoms with van der Waals surface area (Å²) < 4.78 is 15.3. The van der Waals surface area contributed by atoms with Crippen LogP contribution in [0, 0.1) is 5.82 Å². The van der Waals surface area contributed by atoms with Crippen molar-refractivity contribution in [2.75, 3.05) is 0 Å². The summed E-state index contributed by atoms with van der Waals surface area (Å²) >= 11 is 5.80. The molecule has 0 bridgehead atoms. The summed E-state index contributed by atoms with van der Waals surface area (Å²) in [6.45, 7) is 2.80. The number of hydrogen-bond donors (Lipinski definition) is 1. The normalized spacial score (nSPS) is 12.7. The predicted octanol–water partition coefficient (Wildman–Crippen LogP) is 3.17. The van der Waals surface area contributed by atoms with Gasteiger partial charge in [-0.05, 0) is 24.6 Å². The first-order valence-corrected chi connectivity index (χ1v) is 6.15. The topological polar surface area (TPSA) is 38.0 Å². The van der Waals surface area contributed by atoms with E-state index >= 15 is 0 Å². The van der Waals surface area contributed by atoms with Crippen molar-refractivity contribution in [2.24, 2.45) is 0 Å². The van der Waals surface area contributed by atoms with Crippen LogP contribution < -0.4 is 0 Å². The van der Waals surface area contributed by atoms with Gasteiger partial charge in [-0.2, -0.15) is 5.10 Å². The van der Waals surface area contributed by atoms with Crippen molar-refractivity contribution < 1.29 is 9.50 Å². The molecule has 2 rings (SSSR count). The van der Waals surface area contributed by atoms with Gasteiger partial charge in [0.1, 0.15) is 11.9 Å². The van der Waals surface area contributed by atoms with Crippen LogP contribution >= 0.6 is 11.6 Å². The minimum absolute atomic E-state index is 0.165. The molecule has 5 heteroatoms. The molecule has 3 nitrogen and oxygen atoms in total. The summed E-state index contributed by atoms with van der Waals surface area (Å²) in [5.41, 5.74) is 0.725. The fourth-order valence-electron chi connectivity index (χ4n) is 1.78. The second-order valence-corrected chi connectivity index (χ2v) is 4.54. The molecule has 0 radical (unpaired) electrons. The minimum Gasteiger partial charge on any atom is -0.383 e. The molecular weight excluding hydrogens is 255 g/mol. The number of aliphatic hydroxyl groups is 1. The summed E-state index contributed by atoms with van der Waals surface area (Å²) in [7, 11) is 0. The average Bonchev–Trinajstić information content (AvgIpc) is 2.80. The van der Waals surface area contributed by atoms with Gasteiger partial charge in [-0.1, -0.05) is 18.5 Å². The summed E-state index contributed by atoms with van der Waals surface area (Å²) in [6, 6.07) is 4.13. The Bertz CT molecular complexity index is 542. The van der Waals surface area contributed by atoms with Crippen LogP contribution in [0.15, 0.2) is 30.6 Å². The van der Waals surface area contributed by atoms with E-state index in [-0.39, 0.29) is 5.56 Å². The summed E-state index contributed by atoms with van der Waals surface area (Å²) in [6.07, 6.45) is 3.16. The third-order valence-corrected chi connectivity index (χ3v) is 2.91. The van der Waals surface area contributed by atoms with Gasteiger partial charge < -0.3 is 5.11 Å². The number of aromatic nitrogens is 2. The highest BCUT2D eigenvalue weighted by atomic mass is 35.5. The maximum absolute atomic E-state index is 13.6. The Labute approximate surface area is 110 Å². The highest BCUT2D eigenvalue weighted by molar-refractivity contribution is 6.30. The number of halogens is 2. The van der Waals surface area contributed by atoms with Crippen LogP contribution in [0.2, 0.25) is 5.02 Å². The molecule has 0 aliphatic heterocycles. The highest BCUT2D eigenvalue weighted by Crippen LogP contribution is 2.26. The Kier molecular flexibility index (Phi) is 3.99. The summed E-state index contributed by atoms with van der Waals surface area (Å²) in [5, 5.41) is 14.6. The lowest BCUT2D eigenvalue weighted by molar-refractivity contribution is 0.215. The average molecular weight is 269 g/mol. The van der Waals surface area contributed by atoms with E-state index in [0.717, 1.165) is 13.0 Å². The maximum atomic E-state index is 13.6. The van der Waals surface area contributed by atoms with Gasteiger partial charge >= 0.3 is 0 Å². The molecule has 0 amide bonds. The molecule has 18 heavy (non-hydrogen) atoms. The van der Waals surface area contributed by atoms with Gasteiger partial charge in [0.2, 0.25) is 0 Å². The second-order valence-electron chi connectivity index (χ2n) is 4.11. The van der Waals surface area contributed by atoms with Gasteiger partial charge in [0, 0.05) is 28.9 Å². The molecule has 1 atom stereocenters. The van der Waals surface area contributed by atoms with E-state index in [0.29, 0.717) is 10.6 Å². The zero-order valence-corrected chi connectivity index (χ0v) is 10.7. The Morgan fingerprint density at radius 1 is 1.50 bits per heavy atom. The van der Waals surface area contributed by atoms with Gasteiger partial charge in [0.25, 0.3) is 0 Å². The van der Waals surface area contributed by atoms with Crippen LogP contribution in [0.3, 0.4) is 0 Å². The van der Waals surface area contributed by atoms with Gasteiger partial charge in [-0.25, -0.2) is 4.39 Å². The van der Waals surface area contributed by atoms with Crippen LogP contribution in [0.4, 0.5) is 4.39 Å². The first-order chi connectivity index (χ1) is 8.61. The van der Waals surface area contributed by atoms with Crippen LogP contribution in [-0.2, 0) is 6.54 Å². The van der Waals surface area contributed by atoms with Crippen molar-refractivity contribution in [3.63, 3.8) is 0 Å². The van der Waals surface area contributed by atoms with E-state index in [1.54, 1.807) is 17.1 Å². The van der Waals surface area contributed by atoms with Crippen molar-refractivity contribution in [2.45, 2.75) is 26.0 Å². The summed E-state index contributed by atoms with van der Waals surface area (Å²) in [5.74, 6) is -0.477. The maximum Gasteiger partial charge on any atom is 0.129 e. The SMILES string of the molecule is CCCn1cc(C(O)c2cc(Cl)ccc2F)cn1. The molecule has 1 heterocycles. The van der Waals surface area contributed by atoms with Gasteiger partial charge in [-0.3, -0.25) is 4.68 Å². The highest BCUT2D eigenvalue weighted by Gasteiger charge is 2.17. The van der Waals surface area contributed by atoms with Crippen LogP contribution in [-0.4, -0.2) is 14.9 Å². The lowest BCUT2D eigenvalue weighted by Crippen LogP contribution is -2.02. The quantitative estimate of drug-likeness (QED) is 0.925. The van der Waals surface area contributed by atoms with E-state index in [9.17, 15) is 9.50 Å². The Morgan fingerprint density at radius 3 is 3.00 bits per heavy atom. The van der Waals surface area contributed by atoms with Crippen LogP contribution in [0.25, 0.3) is 0 Å². The standard InChI is InChI=1S/C13H14ClFN2O/c1-2-5-17-8-9(7-16-17)13(18)11-6-10(14)3-4-12(11)15/h3-4,6-8,13,18H,2,5H2,1H3. The number of rotatable bonds is 4. The zero-order chi connectivity index (χ0) is 13.1. The predicted molar refractivity (Wildman–Crippen MR) is 68.0 cm³/mol. The van der Waals surface area contributed by atoms with Crippen LogP contribution in [0.5, 0.6) is 0 Å². The van der Waals surface area contributed by atoms with Crippen molar-refractivity contribution in [1.82, 2.24) is 9.78 Å². The third-order valence-electron chi connectivity index (χ3n) is 2.67. The molecule has 2 aromatic rings. The molecule has 0 spiro atoms. The molecule has 0 aliphatic carbocycles. The molecule has 96 valence electrons. The molecule has 0 fully saturated rings. The fraction of sp³-hybridized carbons (Fsp3) is 0.308. The van der Waals surface area contributed by atoms with E-state index < -0.39 is 11.9 Å². The Morgan fingerprint density at radius 2 is 2.28 bits per heavy atom. The molecule has 1 N–H and O–H groups in total. The monoisotopic (exact) mass is 268 g/mol. The van der Waals surface area contributed by atoms with E-state index in [2.05, 4.69) is 5.10 Å². The Balaban J connectivity index is 2.29. The number of aliphatic hydroxyl groups excluding tert-OH is 1. The number of benzene rings is 1. The number of nitrogens with zero attached hydrogens (tertiary/aromatic N) is 2. The van der Waals surface area contributed by atoms with Crippen molar-refractivity contribution in [3.8, 4) is 0 Å². The molecule has 0 saturated carbocycles. The molecule has 1 aromatic heterocycles. The van der Waals surface area contributed by atoms with Crippen molar-refractivity contribution in [3.05, 3.63) is 52.6 Å². The molecule has 1 aromatic carbocycles. The summed E-state index contributed by atoms with van der Waals surface area (Å²) in [4.78, 5) is 0. The molecule has 0 aliphatic rings. The largest absolute Gasteiger partial charge is 0.383 e. The first-order valence-electron chi connectivity index (χ1n) is 5.77. The molecule has 1 unspecified atom stereocenters. The van der Waals surface area contributed by atoms with Crippen molar-refractivity contribution >= 4 is 11.6 Å². The minimum atomic E-state index is -1.05. The van der Waals surface area contributed by atoms with Gasteiger partial charge in [0.05, 0.1) is 6.20 Å². The van der Waals surface area contributed by atoms with E-state index in [1.807, 2.05) is 6.92 Å². The zero-order valence-electron chi connectivity index (χ0n) is 9.98. The van der Waals surface area contributed by atoms with Gasteiger partial charge in [-0.15, -0.1) is 0 Å². The fourth-order valence-corrected chi connectivity index (χ4v) is 1.96. The third kappa shape index (κ3) is 2.71. The lowest BCUT2D eigenvalue weighted by atomic mass is 10.0. The van der Waals surface area contributed by atoms with Crippen LogP contribution in [0.1, 0.15) is 30.6 Å². The first kappa shape index (κ1) is 13.1. The molecule has 0 saturated heterocycles. The lowest BCUT2D eigenvalue weighted by Gasteiger charge is -2.10. The van der Waals surface area contributed by atoms with Crippen molar-refractivity contribution in [1.29, 1.82) is 0 Å².